The molecule has 3 atom stereocenters. The van der Waals surface area contributed by atoms with E-state index in [0.29, 0.717) is 24.3 Å². The second-order valence-corrected chi connectivity index (χ2v) is 5.02. The SMILES string of the molecule is CC1CN(c2c(F)cccc2[C@@H](C)O)CC(C)O1. The summed E-state index contributed by atoms with van der Waals surface area (Å²) < 4.78 is 19.7. The lowest BCUT2D eigenvalue weighted by Crippen LogP contribution is -2.46. The number of rotatable bonds is 2. The molecule has 18 heavy (non-hydrogen) atoms. The highest BCUT2D eigenvalue weighted by molar-refractivity contribution is 5.56. The van der Waals surface area contributed by atoms with E-state index in [-0.39, 0.29) is 18.0 Å². The monoisotopic (exact) mass is 253 g/mol. The van der Waals surface area contributed by atoms with Crippen LogP contribution in [0.5, 0.6) is 0 Å². The number of para-hydroxylation sites is 1. The first-order chi connectivity index (χ1) is 8.49. The smallest absolute Gasteiger partial charge is 0.146 e. The van der Waals surface area contributed by atoms with Crippen molar-refractivity contribution in [3.63, 3.8) is 0 Å². The predicted octanol–water partition coefficient (Wildman–Crippen LogP) is 2.49. The second kappa shape index (κ2) is 5.24. The quantitative estimate of drug-likeness (QED) is 0.879. The summed E-state index contributed by atoms with van der Waals surface area (Å²) in [5.74, 6) is -0.283. The molecule has 1 N–H and O–H groups in total. The van der Waals surface area contributed by atoms with Crippen molar-refractivity contribution in [3.05, 3.63) is 29.6 Å². The van der Waals surface area contributed by atoms with Crippen LogP contribution in [0.2, 0.25) is 0 Å². The molecule has 1 aromatic carbocycles. The van der Waals surface area contributed by atoms with E-state index in [1.807, 2.05) is 18.7 Å². The summed E-state index contributed by atoms with van der Waals surface area (Å²) in [5, 5.41) is 9.77. The van der Waals surface area contributed by atoms with Crippen molar-refractivity contribution in [1.82, 2.24) is 0 Å². The molecule has 1 fully saturated rings. The van der Waals surface area contributed by atoms with Crippen LogP contribution in [0, 0.1) is 5.82 Å². The molecule has 2 unspecified atom stereocenters. The maximum absolute atomic E-state index is 14.1. The number of aliphatic hydroxyl groups is 1. The van der Waals surface area contributed by atoms with Gasteiger partial charge in [-0.1, -0.05) is 12.1 Å². The van der Waals surface area contributed by atoms with E-state index in [9.17, 15) is 9.50 Å². The zero-order valence-electron chi connectivity index (χ0n) is 11.1. The lowest BCUT2D eigenvalue weighted by Gasteiger charge is -2.38. The minimum atomic E-state index is -0.677. The highest BCUT2D eigenvalue weighted by Gasteiger charge is 2.26. The van der Waals surface area contributed by atoms with Crippen LogP contribution in [0.15, 0.2) is 18.2 Å². The number of halogens is 1. The molecule has 2 rings (SSSR count). The number of hydrogen-bond donors (Lipinski definition) is 1. The molecular formula is C14H20FNO2. The molecule has 1 saturated heterocycles. The van der Waals surface area contributed by atoms with Crippen LogP contribution < -0.4 is 4.90 Å². The summed E-state index contributed by atoms with van der Waals surface area (Å²) in [6, 6.07) is 4.84. The minimum Gasteiger partial charge on any atom is -0.389 e. The van der Waals surface area contributed by atoms with Gasteiger partial charge >= 0.3 is 0 Å². The third-order valence-corrected chi connectivity index (χ3v) is 3.20. The molecule has 0 bridgehead atoms. The van der Waals surface area contributed by atoms with Gasteiger partial charge in [-0.05, 0) is 26.8 Å². The lowest BCUT2D eigenvalue weighted by molar-refractivity contribution is -0.00556. The van der Waals surface area contributed by atoms with Gasteiger partial charge in [0.15, 0.2) is 0 Å². The molecule has 1 heterocycles. The van der Waals surface area contributed by atoms with Crippen LogP contribution in [0.4, 0.5) is 10.1 Å². The van der Waals surface area contributed by atoms with Crippen molar-refractivity contribution in [3.8, 4) is 0 Å². The number of anilines is 1. The average molecular weight is 253 g/mol. The van der Waals surface area contributed by atoms with Gasteiger partial charge < -0.3 is 14.7 Å². The summed E-state index contributed by atoms with van der Waals surface area (Å²) in [5.41, 5.74) is 1.14. The van der Waals surface area contributed by atoms with Crippen LogP contribution in [0.25, 0.3) is 0 Å². The van der Waals surface area contributed by atoms with Gasteiger partial charge in [-0.3, -0.25) is 0 Å². The van der Waals surface area contributed by atoms with Crippen LogP contribution in [0.1, 0.15) is 32.4 Å². The fraction of sp³-hybridized carbons (Fsp3) is 0.571. The lowest BCUT2D eigenvalue weighted by atomic mass is 10.1. The average Bonchev–Trinajstić information content (AvgIpc) is 2.26. The number of morpholine rings is 1. The maximum atomic E-state index is 14.1. The van der Waals surface area contributed by atoms with Crippen LogP contribution in [-0.2, 0) is 4.74 Å². The number of hydrogen-bond acceptors (Lipinski definition) is 3. The van der Waals surface area contributed by atoms with E-state index in [1.165, 1.54) is 6.07 Å². The first kappa shape index (κ1) is 13.3. The van der Waals surface area contributed by atoms with Gasteiger partial charge in [0.25, 0.3) is 0 Å². The van der Waals surface area contributed by atoms with Crippen LogP contribution in [-0.4, -0.2) is 30.4 Å². The summed E-state index contributed by atoms with van der Waals surface area (Å²) in [6.45, 7) is 6.90. The summed E-state index contributed by atoms with van der Waals surface area (Å²) >= 11 is 0. The molecule has 0 spiro atoms. The Morgan fingerprint density at radius 3 is 2.50 bits per heavy atom. The molecule has 1 aromatic rings. The Labute approximate surface area is 107 Å². The van der Waals surface area contributed by atoms with E-state index >= 15 is 0 Å². The molecule has 0 amide bonds. The Bertz CT molecular complexity index is 412. The number of nitrogens with zero attached hydrogens (tertiary/aromatic N) is 1. The molecule has 100 valence electrons. The Kier molecular flexibility index (Phi) is 3.88. The number of aliphatic hydroxyl groups excluding tert-OH is 1. The topological polar surface area (TPSA) is 32.7 Å². The van der Waals surface area contributed by atoms with Gasteiger partial charge in [0, 0.05) is 18.7 Å². The number of ether oxygens (including phenoxy) is 1. The third kappa shape index (κ3) is 2.65. The molecule has 0 saturated carbocycles. The molecule has 4 heteroatoms. The molecule has 1 aliphatic heterocycles. The van der Waals surface area contributed by atoms with E-state index in [4.69, 9.17) is 4.74 Å². The molecule has 3 nitrogen and oxygen atoms in total. The zero-order chi connectivity index (χ0) is 13.3. The van der Waals surface area contributed by atoms with E-state index < -0.39 is 6.10 Å². The summed E-state index contributed by atoms with van der Waals surface area (Å²) in [6.07, 6.45) is -0.547. The van der Waals surface area contributed by atoms with E-state index in [1.54, 1.807) is 19.1 Å². The van der Waals surface area contributed by atoms with Gasteiger partial charge in [-0.25, -0.2) is 4.39 Å². The second-order valence-electron chi connectivity index (χ2n) is 5.02. The summed E-state index contributed by atoms with van der Waals surface area (Å²) in [7, 11) is 0. The van der Waals surface area contributed by atoms with Gasteiger partial charge in [0.2, 0.25) is 0 Å². The highest BCUT2D eigenvalue weighted by atomic mass is 19.1. The van der Waals surface area contributed by atoms with E-state index in [0.717, 1.165) is 0 Å². The highest BCUT2D eigenvalue weighted by Crippen LogP contribution is 2.31. The molecule has 0 radical (unpaired) electrons. The standard InChI is InChI=1S/C14H20FNO2/c1-9-7-16(8-10(2)18-9)14-12(11(3)17)5-4-6-13(14)15/h4-6,9-11,17H,7-8H2,1-3H3/t9?,10?,11-/m1/s1. The Balaban J connectivity index is 2.37. The molecule has 0 aromatic heterocycles. The molecular weight excluding hydrogens is 233 g/mol. The maximum Gasteiger partial charge on any atom is 0.146 e. The number of benzene rings is 1. The zero-order valence-corrected chi connectivity index (χ0v) is 11.1. The van der Waals surface area contributed by atoms with Crippen LogP contribution >= 0.6 is 0 Å². The minimum absolute atomic E-state index is 0.0650. The van der Waals surface area contributed by atoms with Crippen molar-refractivity contribution in [2.45, 2.75) is 39.1 Å². The fourth-order valence-electron chi connectivity index (χ4n) is 2.56. The van der Waals surface area contributed by atoms with Gasteiger partial charge in [-0.15, -0.1) is 0 Å². The van der Waals surface area contributed by atoms with Crippen molar-refractivity contribution >= 4 is 5.69 Å². The van der Waals surface area contributed by atoms with Gasteiger partial charge in [0.05, 0.1) is 24.0 Å². The van der Waals surface area contributed by atoms with Crippen molar-refractivity contribution in [1.29, 1.82) is 0 Å². The fourth-order valence-corrected chi connectivity index (χ4v) is 2.56. The van der Waals surface area contributed by atoms with E-state index in [2.05, 4.69) is 0 Å². The normalized spacial score (nSPS) is 26.2. The first-order valence-corrected chi connectivity index (χ1v) is 6.36. The first-order valence-electron chi connectivity index (χ1n) is 6.36. The molecule has 0 aliphatic carbocycles. The Morgan fingerprint density at radius 2 is 1.94 bits per heavy atom. The Hall–Kier alpha value is -1.13. The van der Waals surface area contributed by atoms with Gasteiger partial charge in [0.1, 0.15) is 5.82 Å². The Morgan fingerprint density at radius 1 is 1.33 bits per heavy atom. The van der Waals surface area contributed by atoms with Crippen LogP contribution in [0.3, 0.4) is 0 Å². The molecule has 1 aliphatic rings. The van der Waals surface area contributed by atoms with Crippen molar-refractivity contribution in [2.24, 2.45) is 0 Å². The van der Waals surface area contributed by atoms with Gasteiger partial charge in [-0.2, -0.15) is 0 Å². The largest absolute Gasteiger partial charge is 0.389 e. The summed E-state index contributed by atoms with van der Waals surface area (Å²) in [4.78, 5) is 1.97. The predicted molar refractivity (Wildman–Crippen MR) is 69.3 cm³/mol. The third-order valence-electron chi connectivity index (χ3n) is 3.20. The van der Waals surface area contributed by atoms with Crippen molar-refractivity contribution in [2.75, 3.05) is 18.0 Å². The van der Waals surface area contributed by atoms with Crippen molar-refractivity contribution < 1.29 is 14.2 Å².